The number of hydrogen-bond acceptors (Lipinski definition) is 6. The number of sulfonamides is 1. The van der Waals surface area contributed by atoms with E-state index >= 15 is 0 Å². The lowest BCUT2D eigenvalue weighted by Gasteiger charge is -2.12. The minimum absolute atomic E-state index is 0.0209. The normalized spacial score (nSPS) is 11.6. The van der Waals surface area contributed by atoms with E-state index in [1.165, 1.54) is 50.1 Å². The minimum atomic E-state index is -3.69. The number of benzene rings is 2. The van der Waals surface area contributed by atoms with Crippen LogP contribution in [-0.2, 0) is 14.8 Å². The molecule has 0 heterocycles. The number of nitrogens with one attached hydrogen (secondary N) is 3. The van der Waals surface area contributed by atoms with Crippen LogP contribution in [0.15, 0.2) is 70.4 Å². The van der Waals surface area contributed by atoms with E-state index < -0.39 is 21.8 Å². The van der Waals surface area contributed by atoms with Crippen molar-refractivity contribution in [3.05, 3.63) is 82.2 Å². The molecule has 3 amide bonds. The first-order chi connectivity index (χ1) is 16.4. The van der Waals surface area contributed by atoms with Gasteiger partial charge < -0.3 is 16.0 Å². The van der Waals surface area contributed by atoms with Gasteiger partial charge in [-0.25, -0.2) is 12.7 Å². The van der Waals surface area contributed by atoms with Gasteiger partial charge in [-0.15, -0.1) is 0 Å². The van der Waals surface area contributed by atoms with Crippen molar-refractivity contribution in [3.8, 4) is 0 Å². The molecule has 0 bridgehead atoms. The molecule has 2 aromatic rings. The van der Waals surface area contributed by atoms with E-state index in [-0.39, 0.29) is 22.9 Å². The molecule has 0 saturated carbocycles. The van der Waals surface area contributed by atoms with Gasteiger partial charge in [0.1, 0.15) is 0 Å². The van der Waals surface area contributed by atoms with Crippen molar-refractivity contribution in [3.63, 3.8) is 0 Å². The molecular formula is C24H28N4O5S2. The van der Waals surface area contributed by atoms with Gasteiger partial charge in [0.25, 0.3) is 11.8 Å². The van der Waals surface area contributed by atoms with Gasteiger partial charge in [-0.2, -0.15) is 0 Å². The lowest BCUT2D eigenvalue weighted by molar-refractivity contribution is -0.119. The Bertz CT molecular complexity index is 1270. The van der Waals surface area contributed by atoms with Gasteiger partial charge in [0, 0.05) is 32.3 Å². The van der Waals surface area contributed by atoms with E-state index in [1.54, 1.807) is 30.7 Å². The summed E-state index contributed by atoms with van der Waals surface area (Å²) in [5, 5.41) is 9.77. The molecule has 0 radical (unpaired) electrons. The van der Waals surface area contributed by atoms with E-state index in [9.17, 15) is 22.8 Å². The van der Waals surface area contributed by atoms with Crippen molar-refractivity contribution in [2.45, 2.75) is 11.8 Å². The molecule has 0 aliphatic heterocycles. The van der Waals surface area contributed by atoms with Crippen molar-refractivity contribution in [1.29, 1.82) is 0 Å². The molecule has 0 atom stereocenters. The Hall–Kier alpha value is -3.41. The van der Waals surface area contributed by atoms with Crippen molar-refractivity contribution >= 4 is 45.1 Å². The quantitative estimate of drug-likeness (QED) is 0.446. The third-order valence-corrected chi connectivity index (χ3v) is 7.42. The number of allylic oxidation sites excluding steroid dienone is 1. The second-order valence-corrected chi connectivity index (χ2v) is 10.7. The zero-order chi connectivity index (χ0) is 26.2. The Morgan fingerprint density at radius 3 is 2.23 bits per heavy atom. The summed E-state index contributed by atoms with van der Waals surface area (Å²) in [7, 11) is 0.675. The summed E-state index contributed by atoms with van der Waals surface area (Å²) < 4.78 is 25.6. The highest BCUT2D eigenvalue weighted by atomic mass is 32.2. The molecule has 35 heavy (non-hydrogen) atoms. The van der Waals surface area contributed by atoms with Gasteiger partial charge >= 0.3 is 0 Å². The van der Waals surface area contributed by atoms with Gasteiger partial charge in [0.15, 0.2) is 0 Å². The highest BCUT2D eigenvalue weighted by Gasteiger charge is 2.19. The Morgan fingerprint density at radius 2 is 1.60 bits per heavy atom. The molecule has 0 saturated heterocycles. The van der Waals surface area contributed by atoms with E-state index in [2.05, 4.69) is 22.5 Å². The molecule has 2 rings (SSSR count). The number of thioether (sulfide) groups is 1. The third kappa shape index (κ3) is 7.81. The fourth-order valence-electron chi connectivity index (χ4n) is 2.78. The molecule has 3 N–H and O–H groups in total. The van der Waals surface area contributed by atoms with E-state index in [0.717, 1.165) is 15.4 Å². The monoisotopic (exact) mass is 516 g/mol. The van der Waals surface area contributed by atoms with Crippen LogP contribution in [0.2, 0.25) is 0 Å². The summed E-state index contributed by atoms with van der Waals surface area (Å²) >= 11 is 1.19. The maximum atomic E-state index is 12.4. The number of rotatable bonds is 10. The summed E-state index contributed by atoms with van der Waals surface area (Å²) in [5.41, 5.74) is 2.38. The molecular weight excluding hydrogens is 488 g/mol. The van der Waals surface area contributed by atoms with Crippen LogP contribution in [0.25, 0.3) is 5.57 Å². The molecule has 0 aliphatic carbocycles. The number of carbonyl (C=O) groups excluding carboxylic acids is 3. The maximum absolute atomic E-state index is 12.4. The number of amides is 3. The molecule has 11 heteroatoms. The number of carbonyl (C=O) groups is 3. The Kier molecular flexibility index (Phi) is 9.81. The predicted molar refractivity (Wildman–Crippen MR) is 138 cm³/mol. The Balaban J connectivity index is 1.91. The van der Waals surface area contributed by atoms with E-state index in [1.807, 2.05) is 13.0 Å². The van der Waals surface area contributed by atoms with E-state index in [4.69, 9.17) is 0 Å². The van der Waals surface area contributed by atoms with Crippen molar-refractivity contribution < 1.29 is 22.8 Å². The Labute approximate surface area is 209 Å². The zero-order valence-corrected chi connectivity index (χ0v) is 21.5. The average molecular weight is 517 g/mol. The maximum Gasteiger partial charge on any atom is 0.251 e. The number of nitrogens with zero attached hydrogens (tertiary/aromatic N) is 1. The SMILES string of the molecule is C=C(NC(=O)CNC(=O)c1cccc(S(=O)(=O)N(C)C)c1)S/C=C(\C)c1cccc(C(=O)NC)c1. The van der Waals surface area contributed by atoms with Crippen LogP contribution in [0.4, 0.5) is 0 Å². The second kappa shape index (κ2) is 12.3. The first kappa shape index (κ1) is 27.8. The number of hydrogen-bond donors (Lipinski definition) is 3. The van der Waals surface area contributed by atoms with Gasteiger partial charge in [-0.1, -0.05) is 36.5 Å². The lowest BCUT2D eigenvalue weighted by Crippen LogP contribution is -2.36. The predicted octanol–water partition coefficient (Wildman–Crippen LogP) is 2.41. The zero-order valence-electron chi connectivity index (χ0n) is 19.9. The molecule has 0 unspecified atom stereocenters. The summed E-state index contributed by atoms with van der Waals surface area (Å²) in [6.07, 6.45) is 0. The van der Waals surface area contributed by atoms with Crippen molar-refractivity contribution in [2.24, 2.45) is 0 Å². The van der Waals surface area contributed by atoms with Crippen LogP contribution in [0, 0.1) is 0 Å². The van der Waals surface area contributed by atoms with Crippen molar-refractivity contribution in [2.75, 3.05) is 27.7 Å². The fourth-order valence-corrected chi connectivity index (χ4v) is 4.35. The van der Waals surface area contributed by atoms with Crippen LogP contribution >= 0.6 is 11.8 Å². The van der Waals surface area contributed by atoms with Gasteiger partial charge in [0.05, 0.1) is 16.5 Å². The van der Waals surface area contributed by atoms with Crippen LogP contribution in [0.5, 0.6) is 0 Å². The van der Waals surface area contributed by atoms with Crippen LogP contribution in [0.3, 0.4) is 0 Å². The molecule has 0 aliphatic rings. The molecule has 0 spiro atoms. The van der Waals surface area contributed by atoms with Gasteiger partial charge in [-0.05, 0) is 53.8 Å². The molecule has 0 fully saturated rings. The lowest BCUT2D eigenvalue weighted by atomic mass is 10.1. The summed E-state index contributed by atoms with van der Waals surface area (Å²) in [6, 6.07) is 12.7. The first-order valence-corrected chi connectivity index (χ1v) is 12.7. The van der Waals surface area contributed by atoms with Gasteiger partial charge in [-0.3, -0.25) is 14.4 Å². The summed E-state index contributed by atoms with van der Waals surface area (Å²) in [6.45, 7) is 5.35. The third-order valence-electron chi connectivity index (χ3n) is 4.75. The van der Waals surface area contributed by atoms with Gasteiger partial charge in [0.2, 0.25) is 15.9 Å². The molecule has 2 aromatic carbocycles. The van der Waals surface area contributed by atoms with Crippen LogP contribution in [-0.4, -0.2) is 58.1 Å². The first-order valence-electron chi connectivity index (χ1n) is 10.4. The Morgan fingerprint density at radius 1 is 1.00 bits per heavy atom. The summed E-state index contributed by atoms with van der Waals surface area (Å²) in [4.78, 5) is 36.4. The molecule has 0 aromatic heterocycles. The van der Waals surface area contributed by atoms with E-state index in [0.29, 0.717) is 10.6 Å². The smallest absolute Gasteiger partial charge is 0.251 e. The highest BCUT2D eigenvalue weighted by Crippen LogP contribution is 2.22. The summed E-state index contributed by atoms with van der Waals surface area (Å²) in [5.74, 6) is -1.25. The fraction of sp³-hybridized carbons (Fsp3) is 0.208. The van der Waals surface area contributed by atoms with Crippen molar-refractivity contribution in [1.82, 2.24) is 20.3 Å². The topological polar surface area (TPSA) is 125 Å². The largest absolute Gasteiger partial charge is 0.355 e. The molecule has 186 valence electrons. The highest BCUT2D eigenvalue weighted by molar-refractivity contribution is 8.05. The van der Waals surface area contributed by atoms with Crippen LogP contribution < -0.4 is 16.0 Å². The average Bonchev–Trinajstić information content (AvgIpc) is 2.85. The standard InChI is InChI=1S/C24H28N4O5S2/c1-16(18-8-6-9-19(12-18)23(30)25-3)15-34-17(2)27-22(29)14-26-24(31)20-10-7-11-21(13-20)35(32,33)28(4)5/h6-13,15H,2,14H2,1,3-5H3,(H,25,30)(H,26,31)(H,27,29)/b16-15+. The van der Waals surface area contributed by atoms with Crippen LogP contribution in [0.1, 0.15) is 33.2 Å². The second-order valence-electron chi connectivity index (χ2n) is 7.55. The minimum Gasteiger partial charge on any atom is -0.355 e. The molecule has 9 nitrogen and oxygen atoms in total.